The van der Waals surface area contributed by atoms with Crippen molar-refractivity contribution in [1.29, 1.82) is 0 Å². The van der Waals surface area contributed by atoms with Crippen molar-refractivity contribution in [3.63, 3.8) is 0 Å². The second-order valence-corrected chi connectivity index (χ2v) is 6.06. The van der Waals surface area contributed by atoms with Crippen LogP contribution in [0.1, 0.15) is 18.5 Å². The number of hydrogen-bond donors (Lipinski definition) is 1. The summed E-state index contributed by atoms with van der Waals surface area (Å²) in [7, 11) is 4.12. The molecule has 1 aliphatic heterocycles. The minimum absolute atomic E-state index is 0.164. The fraction of sp³-hybridized carbons (Fsp3) is 0.471. The second kappa shape index (κ2) is 6.91. The number of aromatic nitrogens is 2. The Hall–Kier alpha value is -2.21. The summed E-state index contributed by atoms with van der Waals surface area (Å²) in [5, 5.41) is 7.87. The van der Waals surface area contributed by atoms with E-state index in [2.05, 4.69) is 42.4 Å². The van der Waals surface area contributed by atoms with Crippen molar-refractivity contribution < 1.29 is 9.47 Å². The summed E-state index contributed by atoms with van der Waals surface area (Å²) < 4.78 is 13.2. The topological polar surface area (TPSA) is 51.6 Å². The van der Waals surface area contributed by atoms with Crippen LogP contribution in [0.3, 0.4) is 0 Å². The Kier molecular flexibility index (Phi) is 4.71. The SMILES string of the molecule is CC(Nc1cnn(CCN(C)C)c1)c1ccc2c(c1)OCCO2. The number of nitrogens with one attached hydrogen (secondary N) is 1. The number of ether oxygens (including phenoxy) is 2. The average Bonchev–Trinajstić information content (AvgIpc) is 3.00. The van der Waals surface area contributed by atoms with E-state index in [0.29, 0.717) is 13.2 Å². The minimum Gasteiger partial charge on any atom is -0.486 e. The zero-order chi connectivity index (χ0) is 16.2. The standard InChI is InChI=1S/C17H24N4O2/c1-13(14-4-5-16-17(10-14)23-9-8-22-16)19-15-11-18-21(12-15)7-6-20(2)3/h4-5,10-13,19H,6-9H2,1-3H3. The molecule has 0 saturated carbocycles. The van der Waals surface area contributed by atoms with Gasteiger partial charge in [0.2, 0.25) is 0 Å². The highest BCUT2D eigenvalue weighted by Gasteiger charge is 2.14. The van der Waals surface area contributed by atoms with Gasteiger partial charge in [0.1, 0.15) is 13.2 Å². The lowest BCUT2D eigenvalue weighted by molar-refractivity contribution is 0.171. The molecule has 1 unspecified atom stereocenters. The molecule has 1 aromatic heterocycles. The number of rotatable bonds is 6. The average molecular weight is 316 g/mol. The molecule has 0 fully saturated rings. The first-order chi connectivity index (χ1) is 11.1. The number of likely N-dealkylation sites (N-methyl/N-ethyl adjacent to an activating group) is 1. The fourth-order valence-corrected chi connectivity index (χ4v) is 2.53. The van der Waals surface area contributed by atoms with Gasteiger partial charge in [0.25, 0.3) is 0 Å². The maximum absolute atomic E-state index is 5.65. The van der Waals surface area contributed by atoms with E-state index in [9.17, 15) is 0 Å². The van der Waals surface area contributed by atoms with Gasteiger partial charge in [-0.3, -0.25) is 4.68 Å². The van der Waals surface area contributed by atoms with Crippen LogP contribution in [0.25, 0.3) is 0 Å². The van der Waals surface area contributed by atoms with Gasteiger partial charge in [0, 0.05) is 18.8 Å². The van der Waals surface area contributed by atoms with Crippen LogP contribution < -0.4 is 14.8 Å². The predicted molar refractivity (Wildman–Crippen MR) is 90.3 cm³/mol. The van der Waals surface area contributed by atoms with Crippen molar-refractivity contribution in [2.24, 2.45) is 0 Å². The van der Waals surface area contributed by atoms with E-state index in [1.807, 2.05) is 29.2 Å². The Morgan fingerprint density at radius 2 is 2.04 bits per heavy atom. The number of benzene rings is 1. The molecule has 0 amide bonds. The Morgan fingerprint density at radius 3 is 2.83 bits per heavy atom. The molecule has 0 radical (unpaired) electrons. The molecule has 1 aliphatic rings. The Balaban J connectivity index is 1.63. The van der Waals surface area contributed by atoms with Crippen LogP contribution in [-0.2, 0) is 6.54 Å². The summed E-state index contributed by atoms with van der Waals surface area (Å²) in [5.41, 5.74) is 2.18. The van der Waals surface area contributed by atoms with E-state index in [-0.39, 0.29) is 6.04 Å². The molecule has 0 bridgehead atoms. The smallest absolute Gasteiger partial charge is 0.161 e. The Morgan fingerprint density at radius 1 is 1.26 bits per heavy atom. The van der Waals surface area contributed by atoms with E-state index in [0.717, 1.165) is 35.8 Å². The molecule has 3 rings (SSSR count). The monoisotopic (exact) mass is 316 g/mol. The summed E-state index contributed by atoms with van der Waals surface area (Å²) in [6, 6.07) is 6.25. The third kappa shape index (κ3) is 3.96. The van der Waals surface area contributed by atoms with E-state index in [1.165, 1.54) is 0 Å². The highest BCUT2D eigenvalue weighted by Crippen LogP contribution is 2.33. The highest BCUT2D eigenvalue weighted by atomic mass is 16.6. The fourth-order valence-electron chi connectivity index (χ4n) is 2.53. The first kappa shape index (κ1) is 15.7. The predicted octanol–water partition coefficient (Wildman–Crippen LogP) is 2.39. The summed E-state index contributed by atoms with van der Waals surface area (Å²) in [6.45, 7) is 5.21. The summed E-state index contributed by atoms with van der Waals surface area (Å²) in [6.07, 6.45) is 3.90. The lowest BCUT2D eigenvalue weighted by Gasteiger charge is -2.21. The van der Waals surface area contributed by atoms with E-state index in [1.54, 1.807) is 0 Å². The molecule has 23 heavy (non-hydrogen) atoms. The minimum atomic E-state index is 0.164. The molecule has 0 spiro atoms. The lowest BCUT2D eigenvalue weighted by Crippen LogP contribution is -2.18. The van der Waals surface area contributed by atoms with E-state index >= 15 is 0 Å². The van der Waals surface area contributed by atoms with Gasteiger partial charge in [0.05, 0.1) is 18.4 Å². The zero-order valence-electron chi connectivity index (χ0n) is 14.0. The maximum atomic E-state index is 5.65. The van der Waals surface area contributed by atoms with Gasteiger partial charge in [-0.1, -0.05) is 6.07 Å². The van der Waals surface area contributed by atoms with Crippen LogP contribution in [0.2, 0.25) is 0 Å². The van der Waals surface area contributed by atoms with Crippen molar-refractivity contribution in [3.05, 3.63) is 36.2 Å². The van der Waals surface area contributed by atoms with Crippen molar-refractivity contribution in [1.82, 2.24) is 14.7 Å². The molecule has 6 heteroatoms. The maximum Gasteiger partial charge on any atom is 0.161 e. The van der Waals surface area contributed by atoms with Crippen molar-refractivity contribution >= 4 is 5.69 Å². The quantitative estimate of drug-likeness (QED) is 0.887. The summed E-state index contributed by atoms with van der Waals surface area (Å²) in [4.78, 5) is 2.15. The first-order valence-corrected chi connectivity index (χ1v) is 7.95. The third-order valence-electron chi connectivity index (χ3n) is 3.86. The Bertz CT molecular complexity index is 654. The van der Waals surface area contributed by atoms with Gasteiger partial charge < -0.3 is 19.7 Å². The second-order valence-electron chi connectivity index (χ2n) is 6.06. The molecule has 124 valence electrons. The van der Waals surface area contributed by atoms with E-state index < -0.39 is 0 Å². The zero-order valence-corrected chi connectivity index (χ0v) is 14.0. The number of nitrogens with zero attached hydrogens (tertiary/aromatic N) is 3. The molecule has 0 saturated heterocycles. The molecule has 1 N–H and O–H groups in total. The van der Waals surface area contributed by atoms with Crippen molar-refractivity contribution in [3.8, 4) is 11.5 Å². The summed E-state index contributed by atoms with van der Waals surface area (Å²) >= 11 is 0. The molecular weight excluding hydrogens is 292 g/mol. The van der Waals surface area contributed by atoms with Crippen molar-refractivity contribution in [2.75, 3.05) is 39.2 Å². The summed E-state index contributed by atoms with van der Waals surface area (Å²) in [5.74, 6) is 1.65. The molecule has 0 aliphatic carbocycles. The van der Waals surface area contributed by atoms with Crippen LogP contribution in [-0.4, -0.2) is 48.5 Å². The van der Waals surface area contributed by atoms with Gasteiger partial charge in [0.15, 0.2) is 11.5 Å². The molecule has 6 nitrogen and oxygen atoms in total. The highest BCUT2D eigenvalue weighted by molar-refractivity contribution is 5.47. The van der Waals surface area contributed by atoms with Crippen LogP contribution >= 0.6 is 0 Å². The van der Waals surface area contributed by atoms with Gasteiger partial charge in [-0.25, -0.2) is 0 Å². The molecule has 1 atom stereocenters. The third-order valence-corrected chi connectivity index (χ3v) is 3.86. The number of anilines is 1. The van der Waals surface area contributed by atoms with Crippen LogP contribution in [0, 0.1) is 0 Å². The first-order valence-electron chi connectivity index (χ1n) is 7.95. The van der Waals surface area contributed by atoms with Crippen LogP contribution in [0.4, 0.5) is 5.69 Å². The molecular formula is C17H24N4O2. The number of hydrogen-bond acceptors (Lipinski definition) is 5. The van der Waals surface area contributed by atoms with Gasteiger partial charge in [-0.2, -0.15) is 5.10 Å². The van der Waals surface area contributed by atoms with Gasteiger partial charge in [-0.15, -0.1) is 0 Å². The van der Waals surface area contributed by atoms with Crippen LogP contribution in [0.5, 0.6) is 11.5 Å². The van der Waals surface area contributed by atoms with Gasteiger partial charge >= 0.3 is 0 Å². The molecule has 2 aromatic rings. The van der Waals surface area contributed by atoms with Crippen LogP contribution in [0.15, 0.2) is 30.6 Å². The molecule has 2 heterocycles. The number of fused-ring (bicyclic) bond motifs is 1. The van der Waals surface area contributed by atoms with Gasteiger partial charge in [-0.05, 0) is 38.7 Å². The van der Waals surface area contributed by atoms with Crippen molar-refractivity contribution in [2.45, 2.75) is 19.5 Å². The normalized spacial score (nSPS) is 14.8. The van der Waals surface area contributed by atoms with E-state index in [4.69, 9.17) is 9.47 Å². The largest absolute Gasteiger partial charge is 0.486 e. The lowest BCUT2D eigenvalue weighted by atomic mass is 10.1. The Labute approximate surface area is 137 Å². The molecule has 1 aromatic carbocycles.